The summed E-state index contributed by atoms with van der Waals surface area (Å²) in [6.07, 6.45) is 8.21. The van der Waals surface area contributed by atoms with Crippen molar-refractivity contribution < 1.29 is 9.59 Å². The molecule has 4 nitrogen and oxygen atoms in total. The van der Waals surface area contributed by atoms with Crippen LogP contribution in [0.25, 0.3) is 0 Å². The number of carbonyl (C=O) groups excluding carboxylic acids is 2. The van der Waals surface area contributed by atoms with Gasteiger partial charge in [-0.1, -0.05) is 13.8 Å². The van der Waals surface area contributed by atoms with Crippen LogP contribution in [0.2, 0.25) is 0 Å². The second-order valence-electron chi connectivity index (χ2n) is 11.7. The number of hydrogen-bond acceptors (Lipinski definition) is 3. The van der Waals surface area contributed by atoms with E-state index in [1.165, 1.54) is 25.0 Å². The highest BCUT2D eigenvalue weighted by Crippen LogP contribution is 2.65. The van der Waals surface area contributed by atoms with E-state index in [4.69, 9.17) is 0 Å². The first kappa shape index (κ1) is 20.0. The number of nitrogens with one attached hydrogen (secondary N) is 1. The molecule has 1 aliphatic heterocycles. The molecule has 4 aliphatic rings. The zero-order chi connectivity index (χ0) is 20.5. The van der Waals surface area contributed by atoms with E-state index in [-0.39, 0.29) is 34.0 Å². The lowest BCUT2D eigenvalue weighted by molar-refractivity contribution is -0.134. The molecule has 1 unspecified atom stereocenters. The fourth-order valence-electron chi connectivity index (χ4n) is 7.40. The average Bonchev–Trinajstić information content (AvgIpc) is 2.93. The summed E-state index contributed by atoms with van der Waals surface area (Å²) >= 11 is 0. The molecule has 0 bridgehead atoms. The first-order valence-corrected chi connectivity index (χ1v) is 11.2. The van der Waals surface area contributed by atoms with E-state index < -0.39 is 0 Å². The van der Waals surface area contributed by atoms with Gasteiger partial charge in [0.05, 0.1) is 0 Å². The maximum Gasteiger partial charge on any atom is 0.223 e. The monoisotopic (exact) mass is 386 g/mol. The van der Waals surface area contributed by atoms with Gasteiger partial charge in [-0.3, -0.25) is 9.59 Å². The lowest BCUT2D eigenvalue weighted by atomic mass is 9.49. The van der Waals surface area contributed by atoms with Crippen LogP contribution in [0.3, 0.4) is 0 Å². The Morgan fingerprint density at radius 3 is 2.54 bits per heavy atom. The van der Waals surface area contributed by atoms with Crippen LogP contribution in [-0.4, -0.2) is 35.7 Å². The Kier molecular flexibility index (Phi) is 4.52. The third-order valence-corrected chi connectivity index (χ3v) is 8.59. The molecule has 1 amide bonds. The Hall–Kier alpha value is -1.32. The summed E-state index contributed by atoms with van der Waals surface area (Å²) in [5, 5.41) is 3.28. The van der Waals surface area contributed by atoms with Crippen molar-refractivity contribution in [3.05, 3.63) is 11.8 Å². The van der Waals surface area contributed by atoms with Gasteiger partial charge in [-0.05, 0) is 76.0 Å². The Balaban J connectivity index is 1.68. The molecule has 4 rings (SSSR count). The minimum atomic E-state index is -0.181. The van der Waals surface area contributed by atoms with E-state index >= 15 is 0 Å². The predicted octanol–water partition coefficient (Wildman–Crippen LogP) is 4.16. The third-order valence-electron chi connectivity index (χ3n) is 8.59. The molecule has 0 radical (unpaired) electrons. The zero-order valence-electron chi connectivity index (χ0n) is 18.6. The molecule has 1 heterocycles. The van der Waals surface area contributed by atoms with Crippen molar-refractivity contribution in [3.8, 4) is 0 Å². The van der Waals surface area contributed by atoms with Gasteiger partial charge in [0.1, 0.15) is 0 Å². The summed E-state index contributed by atoms with van der Waals surface area (Å²) in [7, 11) is 2.16. The Bertz CT molecular complexity index is 721. The van der Waals surface area contributed by atoms with Gasteiger partial charge in [-0.2, -0.15) is 0 Å². The van der Waals surface area contributed by atoms with E-state index in [2.05, 4.69) is 51.9 Å². The van der Waals surface area contributed by atoms with Crippen LogP contribution in [0.4, 0.5) is 0 Å². The third kappa shape index (κ3) is 3.02. The summed E-state index contributed by atoms with van der Waals surface area (Å²) < 4.78 is 0. The first-order chi connectivity index (χ1) is 12.9. The van der Waals surface area contributed by atoms with Crippen LogP contribution < -0.4 is 5.32 Å². The predicted molar refractivity (Wildman–Crippen MR) is 111 cm³/mol. The molecule has 0 aromatic heterocycles. The summed E-state index contributed by atoms with van der Waals surface area (Å²) in [6, 6.07) is 0. The van der Waals surface area contributed by atoms with Crippen LogP contribution in [0, 0.1) is 34.5 Å². The van der Waals surface area contributed by atoms with Crippen molar-refractivity contribution in [1.82, 2.24) is 10.2 Å². The number of hydrogen-bond donors (Lipinski definition) is 1. The van der Waals surface area contributed by atoms with Gasteiger partial charge in [0.15, 0.2) is 5.78 Å². The number of allylic oxidation sites excluding steroid dienone is 2. The molecule has 0 spiro atoms. The number of likely N-dealkylation sites (tertiary alicyclic amines) is 1. The van der Waals surface area contributed by atoms with Crippen LogP contribution in [0.1, 0.15) is 73.1 Å². The fourth-order valence-corrected chi connectivity index (χ4v) is 7.40. The van der Waals surface area contributed by atoms with Crippen molar-refractivity contribution in [2.24, 2.45) is 34.5 Å². The molecule has 156 valence electrons. The summed E-state index contributed by atoms with van der Waals surface area (Å²) in [5.41, 5.74) is 1.44. The van der Waals surface area contributed by atoms with Crippen LogP contribution >= 0.6 is 0 Å². The van der Waals surface area contributed by atoms with Crippen molar-refractivity contribution in [3.63, 3.8) is 0 Å². The van der Waals surface area contributed by atoms with E-state index in [0.29, 0.717) is 24.2 Å². The average molecular weight is 387 g/mol. The highest BCUT2D eigenvalue weighted by Gasteiger charge is 2.61. The van der Waals surface area contributed by atoms with E-state index in [1.807, 2.05) is 6.08 Å². The second kappa shape index (κ2) is 6.34. The molecular formula is C24H38N2O2. The summed E-state index contributed by atoms with van der Waals surface area (Å²) in [4.78, 5) is 27.7. The molecule has 28 heavy (non-hydrogen) atoms. The molecule has 0 aromatic carbocycles. The molecule has 1 N–H and O–H groups in total. The minimum absolute atomic E-state index is 0.0839. The molecule has 0 aromatic rings. The standard InChI is InChI=1S/C24H38N2O2/c1-22(2,3)25-21(28)16-8-10-23(4)11-9-18-17(20(16)23)14-26(6)19-13-15(27)7-12-24(18,19)5/h13,16-18,20H,7-12,14H2,1-6H3,(H,25,28)/t16?,17-,18+,20+,23+,24-/m1/s1. The van der Waals surface area contributed by atoms with Gasteiger partial charge in [-0.15, -0.1) is 0 Å². The minimum Gasteiger partial charge on any atom is -0.377 e. The maximum atomic E-state index is 13.2. The molecule has 6 atom stereocenters. The van der Waals surface area contributed by atoms with Crippen LogP contribution in [-0.2, 0) is 9.59 Å². The Morgan fingerprint density at radius 2 is 1.86 bits per heavy atom. The van der Waals surface area contributed by atoms with Crippen molar-refractivity contribution in [1.29, 1.82) is 0 Å². The van der Waals surface area contributed by atoms with Crippen LogP contribution in [0.5, 0.6) is 0 Å². The van der Waals surface area contributed by atoms with Gasteiger partial charge >= 0.3 is 0 Å². The second-order valence-corrected chi connectivity index (χ2v) is 11.7. The van der Waals surface area contributed by atoms with E-state index in [9.17, 15) is 9.59 Å². The fraction of sp³-hybridized carbons (Fsp3) is 0.833. The lowest BCUT2D eigenvalue weighted by Gasteiger charge is -2.60. The van der Waals surface area contributed by atoms with Gasteiger partial charge in [0, 0.05) is 48.7 Å². The number of carbonyl (C=O) groups is 2. The van der Waals surface area contributed by atoms with Gasteiger partial charge in [-0.25, -0.2) is 0 Å². The number of fused-ring (bicyclic) bond motifs is 5. The topological polar surface area (TPSA) is 49.4 Å². The van der Waals surface area contributed by atoms with E-state index in [1.54, 1.807) is 0 Å². The largest absolute Gasteiger partial charge is 0.377 e. The van der Waals surface area contributed by atoms with Gasteiger partial charge in [0.2, 0.25) is 5.91 Å². The molecule has 2 saturated carbocycles. The van der Waals surface area contributed by atoms with Crippen molar-refractivity contribution >= 4 is 11.7 Å². The van der Waals surface area contributed by atoms with Crippen molar-refractivity contribution in [2.45, 2.75) is 78.7 Å². The van der Waals surface area contributed by atoms with Crippen molar-refractivity contribution in [2.75, 3.05) is 13.6 Å². The molecule has 1 saturated heterocycles. The molecule has 3 fully saturated rings. The number of ketones is 1. The molecule has 4 heteroatoms. The SMILES string of the molecule is CN1C[C@H]2[C@@H]3C(C(=O)NC(C)(C)C)CC[C@@]3(C)CC[C@@H]2[C@@]2(C)CCC(=O)C=C12. The zero-order valence-corrected chi connectivity index (χ0v) is 18.6. The molecule has 3 aliphatic carbocycles. The number of amides is 1. The van der Waals surface area contributed by atoms with E-state index in [0.717, 1.165) is 19.4 Å². The lowest BCUT2D eigenvalue weighted by Crippen LogP contribution is -2.58. The quantitative estimate of drug-likeness (QED) is 0.736. The maximum absolute atomic E-state index is 13.2. The normalized spacial score (nSPS) is 43.0. The van der Waals surface area contributed by atoms with Gasteiger partial charge in [0.25, 0.3) is 0 Å². The highest BCUT2D eigenvalue weighted by molar-refractivity contribution is 5.91. The smallest absolute Gasteiger partial charge is 0.223 e. The highest BCUT2D eigenvalue weighted by atomic mass is 16.2. The van der Waals surface area contributed by atoms with Crippen LogP contribution in [0.15, 0.2) is 11.8 Å². The number of nitrogens with zero attached hydrogens (tertiary/aromatic N) is 1. The summed E-state index contributed by atoms with van der Waals surface area (Å²) in [6.45, 7) is 12.0. The first-order valence-electron chi connectivity index (χ1n) is 11.2. The number of piperidine rings is 1. The Morgan fingerprint density at radius 1 is 1.18 bits per heavy atom. The van der Waals surface area contributed by atoms with Gasteiger partial charge < -0.3 is 10.2 Å². The Labute approximate surface area is 170 Å². The summed E-state index contributed by atoms with van der Waals surface area (Å²) in [5.74, 6) is 2.25. The molecular weight excluding hydrogens is 348 g/mol. The number of rotatable bonds is 1.